The molecule has 3 aromatic rings. The van der Waals surface area contributed by atoms with Crippen LogP contribution >= 0.6 is 0 Å². The van der Waals surface area contributed by atoms with E-state index in [1.165, 1.54) is 0 Å². The van der Waals surface area contributed by atoms with Gasteiger partial charge >= 0.3 is 5.97 Å². The van der Waals surface area contributed by atoms with Crippen LogP contribution in [-0.4, -0.2) is 27.9 Å². The molecule has 0 radical (unpaired) electrons. The highest BCUT2D eigenvalue weighted by Gasteiger charge is 2.21. The molecule has 1 heterocycles. The molecular formula is C22H23N3O3. The average Bonchev–Trinajstić information content (AvgIpc) is 2.73. The van der Waals surface area contributed by atoms with E-state index in [-0.39, 0.29) is 5.91 Å². The number of aromatic nitrogens is 2. The van der Waals surface area contributed by atoms with Gasteiger partial charge < -0.3 is 10.1 Å². The SMILES string of the molecule is CC[C@@H](C)c1ccccc1NC(=O)[C@H](C)OC(=O)c1ccc2nccnc2c1. The Labute approximate surface area is 164 Å². The summed E-state index contributed by atoms with van der Waals surface area (Å²) in [4.78, 5) is 33.3. The standard InChI is InChI=1S/C22H23N3O3/c1-4-14(2)17-7-5-6-8-18(17)25-21(26)15(3)28-22(27)16-9-10-19-20(13-16)24-12-11-23-19/h5-15H,4H2,1-3H3,(H,25,26)/t14-,15+/m1/s1. The minimum atomic E-state index is -0.935. The summed E-state index contributed by atoms with van der Waals surface area (Å²) in [5.74, 6) is -0.636. The second-order valence-electron chi connectivity index (χ2n) is 6.69. The molecule has 0 fully saturated rings. The van der Waals surface area contributed by atoms with Crippen LogP contribution in [0.4, 0.5) is 5.69 Å². The molecule has 1 amide bonds. The number of carbonyl (C=O) groups excluding carboxylic acids is 2. The molecule has 0 saturated carbocycles. The number of hydrogen-bond donors (Lipinski definition) is 1. The number of carbonyl (C=O) groups is 2. The summed E-state index contributed by atoms with van der Waals surface area (Å²) in [6.07, 6.45) is 3.17. The number of hydrogen-bond acceptors (Lipinski definition) is 5. The van der Waals surface area contributed by atoms with Gasteiger partial charge in [-0.1, -0.05) is 32.0 Å². The molecule has 3 rings (SSSR count). The van der Waals surface area contributed by atoms with Crippen molar-refractivity contribution in [3.8, 4) is 0 Å². The van der Waals surface area contributed by atoms with Crippen LogP contribution in [0.3, 0.4) is 0 Å². The van der Waals surface area contributed by atoms with Gasteiger partial charge in [0.15, 0.2) is 6.10 Å². The fraction of sp³-hybridized carbons (Fsp3) is 0.273. The van der Waals surface area contributed by atoms with Gasteiger partial charge in [-0.05, 0) is 49.1 Å². The summed E-state index contributed by atoms with van der Waals surface area (Å²) in [5.41, 5.74) is 3.41. The van der Waals surface area contributed by atoms with E-state index in [1.54, 1.807) is 37.5 Å². The summed E-state index contributed by atoms with van der Waals surface area (Å²) >= 11 is 0. The molecule has 1 aromatic heterocycles. The van der Waals surface area contributed by atoms with Crippen molar-refractivity contribution in [3.05, 3.63) is 66.0 Å². The lowest BCUT2D eigenvalue weighted by atomic mass is 9.97. The Hall–Kier alpha value is -3.28. The summed E-state index contributed by atoms with van der Waals surface area (Å²) in [5, 5.41) is 2.87. The minimum absolute atomic E-state index is 0.313. The molecule has 0 spiro atoms. The lowest BCUT2D eigenvalue weighted by molar-refractivity contribution is -0.123. The van der Waals surface area contributed by atoms with Crippen LogP contribution in [0.15, 0.2) is 54.9 Å². The summed E-state index contributed by atoms with van der Waals surface area (Å²) in [7, 11) is 0. The van der Waals surface area contributed by atoms with Gasteiger partial charge in [0, 0.05) is 18.1 Å². The van der Waals surface area contributed by atoms with Gasteiger partial charge in [0.25, 0.3) is 5.91 Å². The van der Waals surface area contributed by atoms with Crippen molar-refractivity contribution in [1.29, 1.82) is 0 Å². The normalized spacial score (nSPS) is 13.0. The highest BCUT2D eigenvalue weighted by Crippen LogP contribution is 2.26. The maximum Gasteiger partial charge on any atom is 0.338 e. The Kier molecular flexibility index (Phi) is 5.99. The molecule has 28 heavy (non-hydrogen) atoms. The van der Waals surface area contributed by atoms with E-state index < -0.39 is 12.1 Å². The number of benzene rings is 2. The minimum Gasteiger partial charge on any atom is -0.449 e. The largest absolute Gasteiger partial charge is 0.449 e. The van der Waals surface area contributed by atoms with Crippen LogP contribution in [0.2, 0.25) is 0 Å². The van der Waals surface area contributed by atoms with Gasteiger partial charge in [-0.3, -0.25) is 14.8 Å². The van der Waals surface area contributed by atoms with Crippen molar-refractivity contribution in [3.63, 3.8) is 0 Å². The smallest absolute Gasteiger partial charge is 0.338 e. The molecule has 0 aliphatic rings. The molecular weight excluding hydrogens is 354 g/mol. The van der Waals surface area contributed by atoms with E-state index in [2.05, 4.69) is 29.1 Å². The molecule has 0 bridgehead atoms. The third-order valence-electron chi connectivity index (χ3n) is 4.72. The first-order chi connectivity index (χ1) is 13.5. The zero-order valence-corrected chi connectivity index (χ0v) is 16.2. The zero-order chi connectivity index (χ0) is 20.1. The Morgan fingerprint density at radius 1 is 1.04 bits per heavy atom. The lowest BCUT2D eigenvalue weighted by Gasteiger charge is -2.18. The third-order valence-corrected chi connectivity index (χ3v) is 4.72. The zero-order valence-electron chi connectivity index (χ0n) is 16.2. The van der Waals surface area contributed by atoms with Crippen molar-refractivity contribution in [2.24, 2.45) is 0 Å². The highest BCUT2D eigenvalue weighted by molar-refractivity contribution is 5.98. The number of nitrogens with one attached hydrogen (secondary N) is 1. The maximum atomic E-state index is 12.5. The second-order valence-corrected chi connectivity index (χ2v) is 6.69. The molecule has 2 aromatic carbocycles. The van der Waals surface area contributed by atoms with Gasteiger partial charge in [0.05, 0.1) is 16.6 Å². The maximum absolute atomic E-state index is 12.5. The fourth-order valence-electron chi connectivity index (χ4n) is 2.87. The summed E-state index contributed by atoms with van der Waals surface area (Å²) < 4.78 is 5.35. The second kappa shape index (κ2) is 8.61. The molecule has 0 aliphatic heterocycles. The van der Waals surface area contributed by atoms with Gasteiger partial charge in [-0.25, -0.2) is 4.79 Å². The van der Waals surface area contributed by atoms with Gasteiger partial charge in [-0.2, -0.15) is 0 Å². The number of para-hydroxylation sites is 1. The summed E-state index contributed by atoms with van der Waals surface area (Å²) in [6.45, 7) is 5.76. The first-order valence-corrected chi connectivity index (χ1v) is 9.31. The fourth-order valence-corrected chi connectivity index (χ4v) is 2.87. The summed E-state index contributed by atoms with van der Waals surface area (Å²) in [6, 6.07) is 12.6. The molecule has 2 atom stereocenters. The molecule has 6 heteroatoms. The van der Waals surface area contributed by atoms with Crippen molar-refractivity contribution in [1.82, 2.24) is 9.97 Å². The number of anilines is 1. The van der Waals surface area contributed by atoms with E-state index in [1.807, 2.05) is 24.3 Å². The Balaban J connectivity index is 1.69. The van der Waals surface area contributed by atoms with E-state index in [4.69, 9.17) is 4.74 Å². The molecule has 144 valence electrons. The Morgan fingerprint density at radius 2 is 1.75 bits per heavy atom. The van der Waals surface area contributed by atoms with Crippen LogP contribution in [0.5, 0.6) is 0 Å². The van der Waals surface area contributed by atoms with E-state index in [0.717, 1.165) is 17.7 Å². The monoisotopic (exact) mass is 377 g/mol. The molecule has 1 N–H and O–H groups in total. The van der Waals surface area contributed by atoms with Crippen LogP contribution in [0.25, 0.3) is 11.0 Å². The number of fused-ring (bicyclic) bond motifs is 1. The number of ether oxygens (including phenoxy) is 1. The Bertz CT molecular complexity index is 1000. The van der Waals surface area contributed by atoms with Crippen molar-refractivity contribution in [2.75, 3.05) is 5.32 Å². The van der Waals surface area contributed by atoms with Crippen LogP contribution in [0, 0.1) is 0 Å². The highest BCUT2D eigenvalue weighted by atomic mass is 16.5. The lowest BCUT2D eigenvalue weighted by Crippen LogP contribution is -2.30. The van der Waals surface area contributed by atoms with Gasteiger partial charge in [0.2, 0.25) is 0 Å². The predicted molar refractivity (Wildman–Crippen MR) is 108 cm³/mol. The van der Waals surface area contributed by atoms with Crippen LogP contribution < -0.4 is 5.32 Å². The van der Waals surface area contributed by atoms with Crippen LogP contribution in [0.1, 0.15) is 49.0 Å². The number of amides is 1. The van der Waals surface area contributed by atoms with E-state index in [9.17, 15) is 9.59 Å². The van der Waals surface area contributed by atoms with Crippen molar-refractivity contribution < 1.29 is 14.3 Å². The molecule has 0 saturated heterocycles. The quantitative estimate of drug-likeness (QED) is 0.647. The first-order valence-electron chi connectivity index (χ1n) is 9.31. The number of rotatable bonds is 6. The van der Waals surface area contributed by atoms with Crippen molar-refractivity contribution in [2.45, 2.75) is 39.2 Å². The molecule has 0 aliphatic carbocycles. The number of nitrogens with zero attached hydrogens (tertiary/aromatic N) is 2. The van der Waals surface area contributed by atoms with Gasteiger partial charge in [-0.15, -0.1) is 0 Å². The topological polar surface area (TPSA) is 81.2 Å². The Morgan fingerprint density at radius 3 is 2.50 bits per heavy atom. The van der Waals surface area contributed by atoms with Crippen molar-refractivity contribution >= 4 is 28.6 Å². The molecule has 6 nitrogen and oxygen atoms in total. The molecule has 0 unspecified atom stereocenters. The first kappa shape index (κ1) is 19.5. The predicted octanol–water partition coefficient (Wildman–Crippen LogP) is 4.33. The average molecular weight is 377 g/mol. The third kappa shape index (κ3) is 4.34. The number of esters is 1. The van der Waals surface area contributed by atoms with Crippen LogP contribution in [-0.2, 0) is 9.53 Å². The van der Waals surface area contributed by atoms with E-state index in [0.29, 0.717) is 22.5 Å². The van der Waals surface area contributed by atoms with Gasteiger partial charge in [0.1, 0.15) is 0 Å². The van der Waals surface area contributed by atoms with E-state index >= 15 is 0 Å².